The monoisotopic (exact) mass is 445 g/mol. The largest absolute Gasteiger partial charge is 0.370 e. The lowest BCUT2D eigenvalue weighted by molar-refractivity contribution is -0.146. The fraction of sp³-hybridized carbons (Fsp3) is 0.381. The van der Waals surface area contributed by atoms with Gasteiger partial charge in [-0.05, 0) is 42.5 Å². The van der Waals surface area contributed by atoms with Gasteiger partial charge in [0.25, 0.3) is 11.8 Å². The van der Waals surface area contributed by atoms with E-state index in [0.29, 0.717) is 23.5 Å². The molecule has 0 bridgehead atoms. The summed E-state index contributed by atoms with van der Waals surface area (Å²) < 4.78 is 19.7. The third kappa shape index (κ3) is 4.42. The summed E-state index contributed by atoms with van der Waals surface area (Å²) in [6.07, 6.45) is 2.64. The van der Waals surface area contributed by atoms with Crippen molar-refractivity contribution in [2.45, 2.75) is 25.0 Å². The molecule has 1 saturated heterocycles. The van der Waals surface area contributed by atoms with Crippen LogP contribution < -0.4 is 5.32 Å². The quantitative estimate of drug-likeness (QED) is 0.561. The Labute approximate surface area is 183 Å². The number of ether oxygens (including phenoxy) is 1. The number of carbonyl (C=O) groups excluding carboxylic acids is 2. The van der Waals surface area contributed by atoms with E-state index < -0.39 is 17.8 Å². The summed E-state index contributed by atoms with van der Waals surface area (Å²) in [7, 11) is 1.51. The topological polar surface area (TPSA) is 97.3 Å². The summed E-state index contributed by atoms with van der Waals surface area (Å²) in [5.74, 6) is -1.84. The molecule has 162 valence electrons. The highest BCUT2D eigenvalue weighted by atomic mass is 35.5. The minimum atomic E-state index is -0.984. The van der Waals surface area contributed by atoms with Crippen LogP contribution in [0.5, 0.6) is 0 Å². The fourth-order valence-electron chi connectivity index (χ4n) is 3.88. The molecule has 1 N–H and O–H groups in total. The number of rotatable bonds is 5. The van der Waals surface area contributed by atoms with E-state index in [1.165, 1.54) is 24.3 Å². The number of hydrogen-bond acceptors (Lipinski definition) is 6. The maximum absolute atomic E-state index is 13.6. The van der Waals surface area contributed by atoms with Crippen LogP contribution in [0.1, 0.15) is 35.0 Å². The Balaban J connectivity index is 1.71. The van der Waals surface area contributed by atoms with Crippen LogP contribution in [0.15, 0.2) is 36.9 Å². The van der Waals surface area contributed by atoms with E-state index in [1.54, 1.807) is 12.1 Å². The standard InChI is InChI=1S/C21H21ClFN5O3/c1-11(23)21(30)28-5-6-31-19(18(28)12-3-4-12)13-7-15(27-17(22)8-13)14-9-16(20(29)24-2)26-10-25-14/h7-10,12,18-19H,1,3-6H2,2H3,(H,24,29)/t18-,19-/m1/s1. The maximum Gasteiger partial charge on any atom is 0.282 e. The third-order valence-electron chi connectivity index (χ3n) is 5.43. The number of hydrogen-bond donors (Lipinski definition) is 1. The van der Waals surface area contributed by atoms with Gasteiger partial charge in [-0.2, -0.15) is 0 Å². The predicted molar refractivity (Wildman–Crippen MR) is 111 cm³/mol. The van der Waals surface area contributed by atoms with Crippen LogP contribution >= 0.6 is 11.6 Å². The Morgan fingerprint density at radius 3 is 2.71 bits per heavy atom. The van der Waals surface area contributed by atoms with Gasteiger partial charge in [0.15, 0.2) is 5.83 Å². The first-order valence-electron chi connectivity index (χ1n) is 9.88. The molecule has 2 amide bonds. The van der Waals surface area contributed by atoms with Gasteiger partial charge in [0.1, 0.15) is 23.3 Å². The van der Waals surface area contributed by atoms with Crippen molar-refractivity contribution >= 4 is 23.4 Å². The summed E-state index contributed by atoms with van der Waals surface area (Å²) >= 11 is 6.30. The number of aromatic nitrogens is 3. The molecule has 2 aromatic heterocycles. The van der Waals surface area contributed by atoms with Crippen molar-refractivity contribution in [2.24, 2.45) is 5.92 Å². The second-order valence-electron chi connectivity index (χ2n) is 7.50. The Hall–Kier alpha value is -2.91. The summed E-state index contributed by atoms with van der Waals surface area (Å²) in [6.45, 7) is 3.72. The van der Waals surface area contributed by atoms with Crippen LogP contribution in [0, 0.1) is 5.92 Å². The number of nitrogens with zero attached hydrogens (tertiary/aromatic N) is 4. The third-order valence-corrected chi connectivity index (χ3v) is 5.63. The molecule has 1 aliphatic carbocycles. The van der Waals surface area contributed by atoms with Gasteiger partial charge >= 0.3 is 0 Å². The molecule has 4 rings (SSSR count). The van der Waals surface area contributed by atoms with Gasteiger partial charge < -0.3 is 15.0 Å². The Bertz CT molecular complexity index is 1050. The number of amides is 2. The van der Waals surface area contributed by atoms with Gasteiger partial charge in [-0.3, -0.25) is 9.59 Å². The minimum absolute atomic E-state index is 0.193. The van der Waals surface area contributed by atoms with E-state index in [1.807, 2.05) is 0 Å². The van der Waals surface area contributed by atoms with Gasteiger partial charge in [0.2, 0.25) is 0 Å². The lowest BCUT2D eigenvalue weighted by Gasteiger charge is -2.41. The Morgan fingerprint density at radius 1 is 1.26 bits per heavy atom. The molecule has 2 aliphatic rings. The molecule has 2 fully saturated rings. The van der Waals surface area contributed by atoms with Crippen molar-refractivity contribution in [2.75, 3.05) is 20.2 Å². The van der Waals surface area contributed by atoms with E-state index in [4.69, 9.17) is 16.3 Å². The summed E-state index contributed by atoms with van der Waals surface area (Å²) in [5.41, 5.74) is 1.75. The highest BCUT2D eigenvalue weighted by molar-refractivity contribution is 6.29. The smallest absolute Gasteiger partial charge is 0.282 e. The average molecular weight is 446 g/mol. The zero-order chi connectivity index (χ0) is 22.1. The molecule has 0 radical (unpaired) electrons. The van der Waals surface area contributed by atoms with Crippen molar-refractivity contribution in [3.05, 3.63) is 53.3 Å². The van der Waals surface area contributed by atoms with Gasteiger partial charge in [0.05, 0.1) is 24.0 Å². The SMILES string of the molecule is C=C(F)C(=O)N1CCO[C@H](c2cc(Cl)nc(-c3cc(C(=O)NC)ncn3)c2)[C@H]1C1CC1. The van der Waals surface area contributed by atoms with Crippen LogP contribution in [0.4, 0.5) is 4.39 Å². The highest BCUT2D eigenvalue weighted by Crippen LogP contribution is 2.45. The molecule has 0 spiro atoms. The molecule has 1 saturated carbocycles. The van der Waals surface area contributed by atoms with E-state index in [0.717, 1.165) is 12.8 Å². The van der Waals surface area contributed by atoms with Gasteiger partial charge in [-0.1, -0.05) is 18.2 Å². The first-order chi connectivity index (χ1) is 14.9. The highest BCUT2D eigenvalue weighted by Gasteiger charge is 2.46. The molecule has 31 heavy (non-hydrogen) atoms. The van der Waals surface area contributed by atoms with E-state index in [2.05, 4.69) is 26.8 Å². The Kier molecular flexibility index (Phi) is 5.97. The summed E-state index contributed by atoms with van der Waals surface area (Å²) in [4.78, 5) is 38.3. The van der Waals surface area contributed by atoms with Crippen LogP contribution in [0.3, 0.4) is 0 Å². The molecule has 1 aliphatic heterocycles. The normalized spacial score (nSPS) is 20.9. The molecule has 3 heterocycles. The number of pyridine rings is 1. The molecular weight excluding hydrogens is 425 g/mol. The number of nitrogens with one attached hydrogen (secondary N) is 1. The van der Waals surface area contributed by atoms with E-state index >= 15 is 0 Å². The maximum atomic E-state index is 13.6. The molecular formula is C21H21ClFN5O3. The van der Waals surface area contributed by atoms with Crippen molar-refractivity contribution in [1.82, 2.24) is 25.2 Å². The van der Waals surface area contributed by atoms with Crippen molar-refractivity contribution < 1.29 is 18.7 Å². The molecule has 2 atom stereocenters. The van der Waals surface area contributed by atoms with E-state index in [-0.39, 0.29) is 35.3 Å². The lowest BCUT2D eigenvalue weighted by atomic mass is 9.95. The van der Waals surface area contributed by atoms with Crippen LogP contribution in [-0.4, -0.2) is 57.9 Å². The Morgan fingerprint density at radius 2 is 2.03 bits per heavy atom. The predicted octanol–water partition coefficient (Wildman–Crippen LogP) is 2.71. The van der Waals surface area contributed by atoms with Crippen molar-refractivity contribution in [3.63, 3.8) is 0 Å². The molecule has 8 nitrogen and oxygen atoms in total. The summed E-state index contributed by atoms with van der Waals surface area (Å²) in [6, 6.07) is 4.63. The van der Waals surface area contributed by atoms with Crippen LogP contribution in [0.2, 0.25) is 5.15 Å². The minimum Gasteiger partial charge on any atom is -0.370 e. The van der Waals surface area contributed by atoms with Crippen LogP contribution in [-0.2, 0) is 9.53 Å². The van der Waals surface area contributed by atoms with Gasteiger partial charge in [-0.15, -0.1) is 0 Å². The molecule has 0 aromatic carbocycles. The average Bonchev–Trinajstić information content (AvgIpc) is 3.62. The zero-order valence-corrected chi connectivity index (χ0v) is 17.6. The van der Waals surface area contributed by atoms with Crippen molar-refractivity contribution in [3.8, 4) is 11.4 Å². The van der Waals surface area contributed by atoms with E-state index in [9.17, 15) is 14.0 Å². The van der Waals surface area contributed by atoms with Crippen LogP contribution in [0.25, 0.3) is 11.4 Å². The first kappa shape index (κ1) is 21.3. The summed E-state index contributed by atoms with van der Waals surface area (Å²) in [5, 5.41) is 2.73. The number of morpholine rings is 1. The molecule has 2 aromatic rings. The molecule has 10 heteroatoms. The fourth-order valence-corrected chi connectivity index (χ4v) is 4.09. The second-order valence-corrected chi connectivity index (χ2v) is 7.89. The first-order valence-corrected chi connectivity index (χ1v) is 10.3. The lowest BCUT2D eigenvalue weighted by Crippen LogP contribution is -2.51. The molecule has 0 unspecified atom stereocenters. The second kappa shape index (κ2) is 8.68. The number of carbonyl (C=O) groups is 2. The van der Waals surface area contributed by atoms with Crippen molar-refractivity contribution in [1.29, 1.82) is 0 Å². The van der Waals surface area contributed by atoms with Gasteiger partial charge in [0, 0.05) is 13.6 Å². The zero-order valence-electron chi connectivity index (χ0n) is 16.8. The van der Waals surface area contributed by atoms with Gasteiger partial charge in [-0.25, -0.2) is 19.3 Å². The number of halogens is 2.